The van der Waals surface area contributed by atoms with Crippen molar-refractivity contribution < 1.29 is 14.2 Å². The smallest absolute Gasteiger partial charge is 0.193 e. The molecule has 3 N–H and O–H groups in total. The van der Waals surface area contributed by atoms with Crippen LogP contribution >= 0.6 is 11.6 Å². The lowest BCUT2D eigenvalue weighted by Gasteiger charge is -2.11. The third kappa shape index (κ3) is 4.45. The van der Waals surface area contributed by atoms with Crippen LogP contribution < -0.4 is 25.3 Å². The van der Waals surface area contributed by atoms with Gasteiger partial charge >= 0.3 is 0 Å². The zero-order chi connectivity index (χ0) is 17.5. The first-order chi connectivity index (χ1) is 11.6. The van der Waals surface area contributed by atoms with Crippen LogP contribution in [0, 0.1) is 0 Å². The van der Waals surface area contributed by atoms with Crippen LogP contribution in [-0.4, -0.2) is 27.3 Å². The van der Waals surface area contributed by atoms with Gasteiger partial charge in [0.2, 0.25) is 0 Å². The molecule has 0 heterocycles. The van der Waals surface area contributed by atoms with Gasteiger partial charge in [-0.15, -0.1) is 0 Å². The van der Waals surface area contributed by atoms with E-state index >= 15 is 0 Å². The summed E-state index contributed by atoms with van der Waals surface area (Å²) >= 11 is 5.94. The Kier molecular flexibility index (Phi) is 6.14. The number of hydrogen-bond acceptors (Lipinski definition) is 4. The van der Waals surface area contributed by atoms with Crippen molar-refractivity contribution in [2.45, 2.75) is 6.54 Å². The zero-order valence-corrected chi connectivity index (χ0v) is 14.6. The number of rotatable bonds is 6. The monoisotopic (exact) mass is 349 g/mol. The van der Waals surface area contributed by atoms with Gasteiger partial charge in [-0.1, -0.05) is 17.7 Å². The number of aliphatic imine (C=N–C) groups is 1. The Balaban J connectivity index is 2.09. The molecule has 6 nitrogen and oxygen atoms in total. The van der Waals surface area contributed by atoms with Crippen molar-refractivity contribution in [1.82, 2.24) is 0 Å². The number of anilines is 1. The molecule has 7 heteroatoms. The van der Waals surface area contributed by atoms with Crippen LogP contribution in [-0.2, 0) is 6.54 Å². The molecule has 0 aliphatic rings. The summed E-state index contributed by atoms with van der Waals surface area (Å²) in [6, 6.07) is 10.8. The maximum atomic E-state index is 5.94. The summed E-state index contributed by atoms with van der Waals surface area (Å²) < 4.78 is 15.7. The van der Waals surface area contributed by atoms with Crippen molar-refractivity contribution in [1.29, 1.82) is 0 Å². The summed E-state index contributed by atoms with van der Waals surface area (Å²) in [5.74, 6) is 2.20. The third-order valence-corrected chi connectivity index (χ3v) is 3.56. The number of nitrogens with two attached hydrogens (primary N) is 1. The maximum Gasteiger partial charge on any atom is 0.193 e. The normalized spacial score (nSPS) is 11.1. The van der Waals surface area contributed by atoms with E-state index in [0.29, 0.717) is 28.8 Å². The van der Waals surface area contributed by atoms with Crippen LogP contribution in [0.1, 0.15) is 5.56 Å². The molecule has 0 aliphatic carbocycles. The Morgan fingerprint density at radius 3 is 2.38 bits per heavy atom. The van der Waals surface area contributed by atoms with E-state index < -0.39 is 0 Å². The summed E-state index contributed by atoms with van der Waals surface area (Å²) in [4.78, 5) is 4.31. The minimum Gasteiger partial charge on any atom is -0.496 e. The average molecular weight is 350 g/mol. The predicted molar refractivity (Wildman–Crippen MR) is 96.5 cm³/mol. The summed E-state index contributed by atoms with van der Waals surface area (Å²) in [6.07, 6.45) is 0. The van der Waals surface area contributed by atoms with Crippen LogP contribution in [0.4, 0.5) is 5.69 Å². The number of guanidine groups is 1. The first-order valence-electron chi connectivity index (χ1n) is 7.18. The van der Waals surface area contributed by atoms with Crippen LogP contribution in [0.3, 0.4) is 0 Å². The second kappa shape index (κ2) is 8.31. The number of nitrogens with one attached hydrogen (secondary N) is 1. The lowest BCUT2D eigenvalue weighted by atomic mass is 10.2. The van der Waals surface area contributed by atoms with E-state index in [2.05, 4.69) is 10.3 Å². The van der Waals surface area contributed by atoms with Crippen LogP contribution in [0.15, 0.2) is 41.4 Å². The largest absolute Gasteiger partial charge is 0.496 e. The Morgan fingerprint density at radius 2 is 1.71 bits per heavy atom. The standard InChI is InChI=1S/C17H20ClN3O3/c1-22-14-7-6-13(9-16(14)24-3)21-17(19)20-10-11-4-5-12(18)8-15(11)23-2/h4-9H,10H2,1-3H3,(H3,19,20,21). The van der Waals surface area contributed by atoms with Gasteiger partial charge in [0.25, 0.3) is 0 Å². The molecule has 0 aliphatic heterocycles. The lowest BCUT2D eigenvalue weighted by Crippen LogP contribution is -2.22. The Bertz CT molecular complexity index is 735. The number of ether oxygens (including phenoxy) is 3. The summed E-state index contributed by atoms with van der Waals surface area (Å²) in [6.45, 7) is 0.368. The number of methoxy groups -OCH3 is 3. The number of benzene rings is 2. The SMILES string of the molecule is COc1cc(Cl)ccc1CN=C(N)Nc1ccc(OC)c(OC)c1. The Morgan fingerprint density at radius 1 is 1.00 bits per heavy atom. The van der Waals surface area contributed by atoms with E-state index in [9.17, 15) is 0 Å². The molecular weight excluding hydrogens is 330 g/mol. The third-order valence-electron chi connectivity index (χ3n) is 3.32. The molecule has 0 atom stereocenters. The van der Waals surface area contributed by atoms with Crippen molar-refractivity contribution in [3.8, 4) is 17.2 Å². The minimum absolute atomic E-state index is 0.277. The van der Waals surface area contributed by atoms with E-state index in [1.165, 1.54) is 0 Å². The molecular formula is C17H20ClN3O3. The molecule has 2 aromatic carbocycles. The Hall–Kier alpha value is -2.60. The van der Waals surface area contributed by atoms with Gasteiger partial charge in [0.1, 0.15) is 5.75 Å². The van der Waals surface area contributed by atoms with Crippen molar-refractivity contribution in [3.63, 3.8) is 0 Å². The highest BCUT2D eigenvalue weighted by molar-refractivity contribution is 6.30. The highest BCUT2D eigenvalue weighted by Crippen LogP contribution is 2.29. The first-order valence-corrected chi connectivity index (χ1v) is 7.56. The van der Waals surface area contributed by atoms with Crippen molar-refractivity contribution in [2.24, 2.45) is 10.7 Å². The fourth-order valence-corrected chi connectivity index (χ4v) is 2.28. The molecule has 0 amide bonds. The Labute approximate surface area is 146 Å². The first kappa shape index (κ1) is 17.7. The summed E-state index contributed by atoms with van der Waals surface area (Å²) in [5, 5.41) is 3.62. The minimum atomic E-state index is 0.277. The maximum absolute atomic E-state index is 5.94. The molecule has 0 aromatic heterocycles. The highest BCUT2D eigenvalue weighted by atomic mass is 35.5. The van der Waals surface area contributed by atoms with Crippen LogP contribution in [0.2, 0.25) is 5.02 Å². The van der Waals surface area contributed by atoms with E-state index in [0.717, 1.165) is 11.3 Å². The van der Waals surface area contributed by atoms with Gasteiger partial charge in [-0.05, 0) is 24.3 Å². The molecule has 0 spiro atoms. The lowest BCUT2D eigenvalue weighted by molar-refractivity contribution is 0.355. The quantitative estimate of drug-likeness (QED) is 0.618. The van der Waals surface area contributed by atoms with E-state index in [4.69, 9.17) is 31.5 Å². The van der Waals surface area contributed by atoms with Gasteiger partial charge in [-0.3, -0.25) is 0 Å². The summed E-state index contributed by atoms with van der Waals surface area (Å²) in [5.41, 5.74) is 7.57. The molecule has 128 valence electrons. The molecule has 2 rings (SSSR count). The molecule has 0 fully saturated rings. The number of nitrogens with zero attached hydrogens (tertiary/aromatic N) is 1. The highest BCUT2D eigenvalue weighted by Gasteiger charge is 2.06. The second-order valence-electron chi connectivity index (χ2n) is 4.85. The molecule has 2 aromatic rings. The van der Waals surface area contributed by atoms with Gasteiger partial charge in [-0.2, -0.15) is 0 Å². The van der Waals surface area contributed by atoms with Gasteiger partial charge in [0.15, 0.2) is 17.5 Å². The molecule has 0 saturated heterocycles. The van der Waals surface area contributed by atoms with Crippen LogP contribution in [0.25, 0.3) is 0 Å². The topological polar surface area (TPSA) is 78.1 Å². The molecule has 0 bridgehead atoms. The second-order valence-corrected chi connectivity index (χ2v) is 5.29. The summed E-state index contributed by atoms with van der Waals surface area (Å²) in [7, 11) is 4.75. The fraction of sp³-hybridized carbons (Fsp3) is 0.235. The predicted octanol–water partition coefficient (Wildman–Crippen LogP) is 3.29. The number of halogens is 1. The van der Waals surface area contributed by atoms with Gasteiger partial charge in [0, 0.05) is 22.3 Å². The van der Waals surface area contributed by atoms with Crippen molar-refractivity contribution >= 4 is 23.2 Å². The fourth-order valence-electron chi connectivity index (χ4n) is 2.12. The van der Waals surface area contributed by atoms with Gasteiger partial charge < -0.3 is 25.3 Å². The van der Waals surface area contributed by atoms with Gasteiger partial charge in [0.05, 0.1) is 27.9 Å². The molecule has 0 radical (unpaired) electrons. The van der Waals surface area contributed by atoms with Gasteiger partial charge in [-0.25, -0.2) is 4.99 Å². The average Bonchev–Trinajstić information content (AvgIpc) is 2.60. The zero-order valence-electron chi connectivity index (χ0n) is 13.8. The van der Waals surface area contributed by atoms with E-state index in [1.807, 2.05) is 12.1 Å². The molecule has 0 saturated carbocycles. The van der Waals surface area contributed by atoms with E-state index in [1.54, 1.807) is 45.6 Å². The van der Waals surface area contributed by atoms with Crippen LogP contribution in [0.5, 0.6) is 17.2 Å². The number of hydrogen-bond donors (Lipinski definition) is 2. The van der Waals surface area contributed by atoms with E-state index in [-0.39, 0.29) is 5.96 Å². The van der Waals surface area contributed by atoms with Crippen molar-refractivity contribution in [3.05, 3.63) is 47.0 Å². The molecule has 0 unspecified atom stereocenters. The van der Waals surface area contributed by atoms with Crippen molar-refractivity contribution in [2.75, 3.05) is 26.6 Å². The molecule has 24 heavy (non-hydrogen) atoms.